The molecule has 0 radical (unpaired) electrons. The van der Waals surface area contributed by atoms with Gasteiger partial charge < -0.3 is 10.1 Å². The number of nitrogens with one attached hydrogen (secondary N) is 2. The fourth-order valence-electron chi connectivity index (χ4n) is 1.82. The third kappa shape index (κ3) is 3.37. The van der Waals surface area contributed by atoms with Crippen LogP contribution in [-0.4, -0.2) is 33.2 Å². The van der Waals surface area contributed by atoms with E-state index >= 15 is 0 Å². The van der Waals surface area contributed by atoms with E-state index < -0.39 is 10.0 Å². The molecule has 1 amide bonds. The summed E-state index contributed by atoms with van der Waals surface area (Å²) in [5.74, 6) is 0.254. The molecule has 0 aromatic heterocycles. The molecule has 0 spiro atoms. The molecule has 104 valence electrons. The average molecular weight is 284 g/mol. The summed E-state index contributed by atoms with van der Waals surface area (Å²) in [6.07, 6.45) is 0.532. The van der Waals surface area contributed by atoms with Crippen molar-refractivity contribution in [2.45, 2.75) is 13.3 Å². The van der Waals surface area contributed by atoms with Gasteiger partial charge in [-0.25, -0.2) is 8.42 Å². The van der Waals surface area contributed by atoms with Crippen molar-refractivity contribution in [3.05, 3.63) is 23.8 Å². The van der Waals surface area contributed by atoms with Crippen LogP contribution in [0.25, 0.3) is 0 Å². The third-order valence-electron chi connectivity index (χ3n) is 2.62. The van der Waals surface area contributed by atoms with Gasteiger partial charge in [0.15, 0.2) is 0 Å². The molecular weight excluding hydrogens is 268 g/mol. The summed E-state index contributed by atoms with van der Waals surface area (Å²) in [7, 11) is -3.36. The number of hydrogen-bond donors (Lipinski definition) is 2. The molecule has 0 aliphatic carbocycles. The van der Waals surface area contributed by atoms with E-state index in [1.54, 1.807) is 19.1 Å². The van der Waals surface area contributed by atoms with Crippen LogP contribution in [0.15, 0.2) is 18.2 Å². The lowest BCUT2D eigenvalue weighted by molar-refractivity contribution is 0.0957. The number of anilines is 1. The van der Waals surface area contributed by atoms with Crippen LogP contribution in [0.2, 0.25) is 0 Å². The molecular formula is C12H16N2O4S. The molecule has 0 bridgehead atoms. The standard InChI is InChI=1S/C12H16N2O4S/c1-2-7-19(16,17)14-9-3-4-11-10(8-9)12(15)13-5-6-18-11/h3-4,8,14H,2,5-7H2,1H3,(H,13,15). The quantitative estimate of drug-likeness (QED) is 0.862. The van der Waals surface area contributed by atoms with Gasteiger partial charge in [-0.3, -0.25) is 9.52 Å². The van der Waals surface area contributed by atoms with Gasteiger partial charge in [0, 0.05) is 5.69 Å². The molecule has 0 saturated heterocycles. The van der Waals surface area contributed by atoms with Gasteiger partial charge in [-0.05, 0) is 24.6 Å². The molecule has 0 fully saturated rings. The van der Waals surface area contributed by atoms with Crippen LogP contribution in [-0.2, 0) is 10.0 Å². The summed E-state index contributed by atoms with van der Waals surface area (Å²) in [6, 6.07) is 4.68. The minimum atomic E-state index is -3.36. The lowest BCUT2D eigenvalue weighted by Gasteiger charge is -2.10. The molecule has 0 saturated carbocycles. The van der Waals surface area contributed by atoms with Crippen LogP contribution in [0, 0.1) is 0 Å². The van der Waals surface area contributed by atoms with Crippen molar-refractivity contribution in [3.63, 3.8) is 0 Å². The zero-order valence-corrected chi connectivity index (χ0v) is 11.4. The molecule has 1 aromatic carbocycles. The smallest absolute Gasteiger partial charge is 0.255 e. The van der Waals surface area contributed by atoms with Gasteiger partial charge in [0.1, 0.15) is 12.4 Å². The molecule has 1 aromatic rings. The molecule has 6 nitrogen and oxygen atoms in total. The first kappa shape index (κ1) is 13.7. The van der Waals surface area contributed by atoms with Crippen LogP contribution >= 0.6 is 0 Å². The van der Waals surface area contributed by atoms with Gasteiger partial charge in [0.05, 0.1) is 17.9 Å². The highest BCUT2D eigenvalue weighted by Gasteiger charge is 2.18. The van der Waals surface area contributed by atoms with Crippen molar-refractivity contribution >= 4 is 21.6 Å². The zero-order chi connectivity index (χ0) is 13.9. The van der Waals surface area contributed by atoms with E-state index in [4.69, 9.17) is 4.74 Å². The summed E-state index contributed by atoms with van der Waals surface area (Å²) in [5, 5.41) is 2.67. The summed E-state index contributed by atoms with van der Waals surface area (Å²) >= 11 is 0. The molecule has 1 aliphatic heterocycles. The van der Waals surface area contributed by atoms with E-state index in [-0.39, 0.29) is 11.7 Å². The first-order chi connectivity index (χ1) is 9.02. The summed E-state index contributed by atoms with van der Waals surface area (Å²) in [6.45, 7) is 2.63. The van der Waals surface area contributed by atoms with E-state index in [9.17, 15) is 13.2 Å². The minimum Gasteiger partial charge on any atom is -0.491 e. The first-order valence-corrected chi connectivity index (χ1v) is 7.72. The fourth-order valence-corrected chi connectivity index (χ4v) is 2.94. The maximum Gasteiger partial charge on any atom is 0.255 e. The van der Waals surface area contributed by atoms with E-state index in [1.165, 1.54) is 6.07 Å². The van der Waals surface area contributed by atoms with Crippen molar-refractivity contribution in [3.8, 4) is 5.75 Å². The number of ether oxygens (including phenoxy) is 1. The Labute approximate surface area is 112 Å². The average Bonchev–Trinajstić information content (AvgIpc) is 2.51. The normalized spacial score (nSPS) is 14.9. The minimum absolute atomic E-state index is 0.0484. The Balaban J connectivity index is 2.28. The molecule has 0 atom stereocenters. The lowest BCUT2D eigenvalue weighted by Crippen LogP contribution is -2.24. The van der Waals surface area contributed by atoms with Crippen LogP contribution < -0.4 is 14.8 Å². The number of carbonyl (C=O) groups is 1. The number of sulfonamides is 1. The van der Waals surface area contributed by atoms with Gasteiger partial charge in [-0.1, -0.05) is 6.92 Å². The van der Waals surface area contributed by atoms with Crippen LogP contribution in [0.4, 0.5) is 5.69 Å². The van der Waals surface area contributed by atoms with Gasteiger partial charge in [0.2, 0.25) is 10.0 Å². The predicted molar refractivity (Wildman–Crippen MR) is 72.0 cm³/mol. The number of fused-ring (bicyclic) bond motifs is 1. The molecule has 2 rings (SSSR count). The van der Waals surface area contributed by atoms with Crippen molar-refractivity contribution in [2.24, 2.45) is 0 Å². The Kier molecular flexibility index (Phi) is 3.94. The second-order valence-electron chi connectivity index (χ2n) is 4.24. The molecule has 2 N–H and O–H groups in total. The van der Waals surface area contributed by atoms with Gasteiger partial charge in [-0.15, -0.1) is 0 Å². The SMILES string of the molecule is CCCS(=O)(=O)Nc1ccc2c(c1)C(=O)NCCO2. The Morgan fingerprint density at radius 1 is 1.42 bits per heavy atom. The molecule has 1 heterocycles. The number of benzene rings is 1. The second-order valence-corrected chi connectivity index (χ2v) is 6.08. The van der Waals surface area contributed by atoms with Crippen molar-refractivity contribution in [1.29, 1.82) is 0 Å². The Morgan fingerprint density at radius 3 is 2.95 bits per heavy atom. The first-order valence-electron chi connectivity index (χ1n) is 6.07. The number of carbonyl (C=O) groups excluding carboxylic acids is 1. The molecule has 19 heavy (non-hydrogen) atoms. The number of amides is 1. The van der Waals surface area contributed by atoms with Crippen molar-refractivity contribution in [1.82, 2.24) is 5.32 Å². The molecule has 1 aliphatic rings. The van der Waals surface area contributed by atoms with E-state index in [2.05, 4.69) is 10.0 Å². The molecule has 7 heteroatoms. The Bertz CT molecular complexity index is 583. The zero-order valence-electron chi connectivity index (χ0n) is 10.6. The van der Waals surface area contributed by atoms with Crippen LogP contribution in [0.5, 0.6) is 5.75 Å². The van der Waals surface area contributed by atoms with Gasteiger partial charge in [-0.2, -0.15) is 0 Å². The highest BCUT2D eigenvalue weighted by molar-refractivity contribution is 7.92. The van der Waals surface area contributed by atoms with E-state index in [0.717, 1.165) is 0 Å². The summed E-state index contributed by atoms with van der Waals surface area (Å²) in [4.78, 5) is 11.8. The second kappa shape index (κ2) is 5.48. The summed E-state index contributed by atoms with van der Waals surface area (Å²) in [5.41, 5.74) is 0.710. The topological polar surface area (TPSA) is 84.5 Å². The van der Waals surface area contributed by atoms with Crippen LogP contribution in [0.1, 0.15) is 23.7 Å². The number of hydrogen-bond acceptors (Lipinski definition) is 4. The number of rotatable bonds is 4. The van der Waals surface area contributed by atoms with E-state index in [0.29, 0.717) is 36.6 Å². The highest BCUT2D eigenvalue weighted by atomic mass is 32.2. The van der Waals surface area contributed by atoms with E-state index in [1.807, 2.05) is 0 Å². The fraction of sp³-hybridized carbons (Fsp3) is 0.417. The monoisotopic (exact) mass is 284 g/mol. The largest absolute Gasteiger partial charge is 0.491 e. The van der Waals surface area contributed by atoms with Gasteiger partial charge >= 0.3 is 0 Å². The maximum atomic E-state index is 11.8. The van der Waals surface area contributed by atoms with Gasteiger partial charge in [0.25, 0.3) is 5.91 Å². The van der Waals surface area contributed by atoms with Crippen molar-refractivity contribution in [2.75, 3.05) is 23.6 Å². The lowest BCUT2D eigenvalue weighted by atomic mass is 10.1. The maximum absolute atomic E-state index is 11.8. The molecule has 0 unspecified atom stereocenters. The Hall–Kier alpha value is -1.76. The van der Waals surface area contributed by atoms with Crippen LogP contribution in [0.3, 0.4) is 0 Å². The highest BCUT2D eigenvalue weighted by Crippen LogP contribution is 2.24. The Morgan fingerprint density at radius 2 is 2.21 bits per heavy atom. The van der Waals surface area contributed by atoms with Crippen molar-refractivity contribution < 1.29 is 17.9 Å². The summed E-state index contributed by atoms with van der Waals surface area (Å²) < 4.78 is 31.2. The predicted octanol–water partition coefficient (Wildman–Crippen LogP) is 0.961. The third-order valence-corrected chi connectivity index (χ3v) is 4.11.